The summed E-state index contributed by atoms with van der Waals surface area (Å²) in [5.41, 5.74) is 0.874. The minimum Gasteiger partial charge on any atom is -0.484 e. The highest BCUT2D eigenvalue weighted by Gasteiger charge is 2.21. The SMILES string of the molecule is CN(C)C(CNC(=O)COc1ccc(N2CCCC2=O)cc1)c1cccs1. The van der Waals surface area contributed by atoms with Crippen LogP contribution >= 0.6 is 11.3 Å². The Morgan fingerprint density at radius 2 is 2.07 bits per heavy atom. The van der Waals surface area contributed by atoms with E-state index in [1.165, 1.54) is 4.88 Å². The molecule has 1 N–H and O–H groups in total. The molecule has 2 aromatic rings. The van der Waals surface area contributed by atoms with Gasteiger partial charge in [-0.25, -0.2) is 0 Å². The van der Waals surface area contributed by atoms with Crippen LogP contribution in [-0.4, -0.2) is 50.5 Å². The zero-order valence-electron chi connectivity index (χ0n) is 15.7. The average Bonchev–Trinajstić information content (AvgIpc) is 3.32. The summed E-state index contributed by atoms with van der Waals surface area (Å²) in [6, 6.07) is 11.5. The summed E-state index contributed by atoms with van der Waals surface area (Å²) >= 11 is 1.68. The zero-order valence-corrected chi connectivity index (χ0v) is 16.5. The van der Waals surface area contributed by atoms with Gasteiger partial charge in [0.25, 0.3) is 5.91 Å². The van der Waals surface area contributed by atoms with E-state index in [0.29, 0.717) is 18.7 Å². The van der Waals surface area contributed by atoms with Crippen molar-refractivity contribution in [3.05, 3.63) is 46.7 Å². The number of hydrogen-bond donors (Lipinski definition) is 1. The van der Waals surface area contributed by atoms with Crippen LogP contribution in [0, 0.1) is 0 Å². The molecule has 1 atom stereocenters. The maximum absolute atomic E-state index is 12.1. The second-order valence-electron chi connectivity index (χ2n) is 6.73. The van der Waals surface area contributed by atoms with Crippen LogP contribution in [0.2, 0.25) is 0 Å². The van der Waals surface area contributed by atoms with Crippen molar-refractivity contribution in [3.8, 4) is 5.75 Å². The molecule has 1 aromatic heterocycles. The van der Waals surface area contributed by atoms with Gasteiger partial charge in [-0.2, -0.15) is 0 Å². The van der Waals surface area contributed by atoms with Crippen molar-refractivity contribution in [2.24, 2.45) is 0 Å². The molecular formula is C20H25N3O3S. The van der Waals surface area contributed by atoms with E-state index in [2.05, 4.69) is 16.3 Å². The second-order valence-corrected chi connectivity index (χ2v) is 7.71. The third-order valence-corrected chi connectivity index (χ3v) is 5.55. The number of carbonyl (C=O) groups is 2. The van der Waals surface area contributed by atoms with Gasteiger partial charge in [-0.05, 0) is 56.2 Å². The Bertz CT molecular complexity index is 759. The molecule has 1 fully saturated rings. The van der Waals surface area contributed by atoms with Gasteiger partial charge < -0.3 is 19.9 Å². The number of benzene rings is 1. The lowest BCUT2D eigenvalue weighted by Crippen LogP contribution is -2.36. The molecule has 0 bridgehead atoms. The van der Waals surface area contributed by atoms with Gasteiger partial charge in [0.2, 0.25) is 5.91 Å². The summed E-state index contributed by atoms with van der Waals surface area (Å²) in [7, 11) is 4.00. The molecule has 2 amide bonds. The predicted molar refractivity (Wildman–Crippen MR) is 107 cm³/mol. The van der Waals surface area contributed by atoms with Gasteiger partial charge in [0.1, 0.15) is 5.75 Å². The molecule has 1 saturated heterocycles. The molecule has 0 aliphatic carbocycles. The van der Waals surface area contributed by atoms with Crippen molar-refractivity contribution in [2.45, 2.75) is 18.9 Å². The quantitative estimate of drug-likeness (QED) is 0.757. The maximum atomic E-state index is 12.1. The lowest BCUT2D eigenvalue weighted by atomic mass is 10.2. The van der Waals surface area contributed by atoms with Crippen LogP contribution in [0.15, 0.2) is 41.8 Å². The number of likely N-dealkylation sites (N-methyl/N-ethyl adjacent to an activating group) is 1. The van der Waals surface area contributed by atoms with E-state index in [1.54, 1.807) is 28.4 Å². The van der Waals surface area contributed by atoms with Crippen LogP contribution in [-0.2, 0) is 9.59 Å². The van der Waals surface area contributed by atoms with Crippen LogP contribution in [0.4, 0.5) is 5.69 Å². The number of nitrogens with one attached hydrogen (secondary N) is 1. The molecule has 27 heavy (non-hydrogen) atoms. The van der Waals surface area contributed by atoms with Crippen molar-refractivity contribution < 1.29 is 14.3 Å². The summed E-state index contributed by atoms with van der Waals surface area (Å²) in [5.74, 6) is 0.615. The topological polar surface area (TPSA) is 61.9 Å². The van der Waals surface area contributed by atoms with Crippen LogP contribution < -0.4 is 15.0 Å². The molecule has 2 heterocycles. The smallest absolute Gasteiger partial charge is 0.258 e. The van der Waals surface area contributed by atoms with Crippen LogP contribution in [0.5, 0.6) is 5.75 Å². The standard InChI is InChI=1S/C20H25N3O3S/c1-22(2)17(18-5-4-12-27-18)13-21-19(24)14-26-16-9-7-15(8-10-16)23-11-3-6-20(23)25/h4-5,7-10,12,17H,3,6,11,13-14H2,1-2H3,(H,21,24). The highest BCUT2D eigenvalue weighted by atomic mass is 32.1. The molecule has 144 valence electrons. The van der Waals surface area contributed by atoms with Crippen LogP contribution in [0.1, 0.15) is 23.8 Å². The van der Waals surface area contributed by atoms with E-state index in [-0.39, 0.29) is 24.5 Å². The summed E-state index contributed by atoms with van der Waals surface area (Å²) in [6.07, 6.45) is 1.51. The second kappa shape index (κ2) is 9.01. The fourth-order valence-electron chi connectivity index (χ4n) is 3.07. The van der Waals surface area contributed by atoms with E-state index in [4.69, 9.17) is 4.74 Å². The molecule has 1 aliphatic heterocycles. The number of rotatable bonds is 8. The molecule has 6 nitrogen and oxygen atoms in total. The third-order valence-electron chi connectivity index (χ3n) is 4.58. The summed E-state index contributed by atoms with van der Waals surface area (Å²) in [4.78, 5) is 29.0. The fourth-order valence-corrected chi connectivity index (χ4v) is 4.00. The first-order valence-electron chi connectivity index (χ1n) is 9.04. The first-order valence-corrected chi connectivity index (χ1v) is 9.92. The number of anilines is 1. The average molecular weight is 388 g/mol. The van der Waals surface area contributed by atoms with E-state index >= 15 is 0 Å². The van der Waals surface area contributed by atoms with Crippen molar-refractivity contribution in [1.29, 1.82) is 0 Å². The minimum absolute atomic E-state index is 0.0351. The van der Waals surface area contributed by atoms with E-state index < -0.39 is 0 Å². The van der Waals surface area contributed by atoms with Gasteiger partial charge in [-0.1, -0.05) is 6.07 Å². The van der Waals surface area contributed by atoms with Crippen LogP contribution in [0.3, 0.4) is 0 Å². The molecular weight excluding hydrogens is 362 g/mol. The van der Waals surface area contributed by atoms with Crippen molar-refractivity contribution in [3.63, 3.8) is 0 Å². The summed E-state index contributed by atoms with van der Waals surface area (Å²) < 4.78 is 5.57. The lowest BCUT2D eigenvalue weighted by Gasteiger charge is -2.23. The largest absolute Gasteiger partial charge is 0.484 e. The molecule has 0 saturated carbocycles. The third kappa shape index (κ3) is 5.08. The predicted octanol–water partition coefficient (Wildman–Crippen LogP) is 2.67. The number of thiophene rings is 1. The molecule has 3 rings (SSSR count). The number of hydrogen-bond acceptors (Lipinski definition) is 5. The number of nitrogens with zero attached hydrogens (tertiary/aromatic N) is 2. The Balaban J connectivity index is 1.46. The van der Waals surface area contributed by atoms with Gasteiger partial charge in [-0.15, -0.1) is 11.3 Å². The van der Waals surface area contributed by atoms with Gasteiger partial charge in [-0.3, -0.25) is 9.59 Å². The van der Waals surface area contributed by atoms with Gasteiger partial charge in [0.05, 0.1) is 6.04 Å². The first-order chi connectivity index (χ1) is 13.0. The van der Waals surface area contributed by atoms with Crippen molar-refractivity contribution >= 4 is 28.8 Å². The molecule has 0 radical (unpaired) electrons. The minimum atomic E-state index is -0.155. The number of amides is 2. The molecule has 7 heteroatoms. The van der Waals surface area contributed by atoms with E-state index in [0.717, 1.165) is 18.7 Å². The Labute approximate surface area is 163 Å². The molecule has 0 spiro atoms. The maximum Gasteiger partial charge on any atom is 0.258 e. The Kier molecular flexibility index (Phi) is 6.47. The normalized spacial score (nSPS) is 15.2. The number of ether oxygens (including phenoxy) is 1. The van der Waals surface area contributed by atoms with Gasteiger partial charge in [0.15, 0.2) is 6.61 Å². The van der Waals surface area contributed by atoms with Crippen LogP contribution in [0.25, 0.3) is 0 Å². The Hall–Kier alpha value is -2.38. The van der Waals surface area contributed by atoms with Crippen molar-refractivity contribution in [1.82, 2.24) is 10.2 Å². The van der Waals surface area contributed by atoms with E-state index in [1.807, 2.05) is 37.7 Å². The zero-order chi connectivity index (χ0) is 19.2. The summed E-state index contributed by atoms with van der Waals surface area (Å²) in [6.45, 7) is 1.26. The highest BCUT2D eigenvalue weighted by Crippen LogP contribution is 2.24. The fraction of sp³-hybridized carbons (Fsp3) is 0.400. The molecule has 1 aromatic carbocycles. The Morgan fingerprint density at radius 1 is 1.30 bits per heavy atom. The van der Waals surface area contributed by atoms with Crippen molar-refractivity contribution in [2.75, 3.05) is 38.7 Å². The monoisotopic (exact) mass is 387 g/mol. The van der Waals surface area contributed by atoms with Gasteiger partial charge in [0, 0.05) is 30.1 Å². The highest BCUT2D eigenvalue weighted by molar-refractivity contribution is 7.10. The number of carbonyl (C=O) groups excluding carboxylic acids is 2. The Morgan fingerprint density at radius 3 is 2.67 bits per heavy atom. The molecule has 1 aliphatic rings. The van der Waals surface area contributed by atoms with Gasteiger partial charge >= 0.3 is 0 Å². The lowest BCUT2D eigenvalue weighted by molar-refractivity contribution is -0.123. The molecule has 1 unspecified atom stereocenters. The van der Waals surface area contributed by atoms with E-state index in [9.17, 15) is 9.59 Å². The first kappa shape index (κ1) is 19.4. The summed E-state index contributed by atoms with van der Waals surface area (Å²) in [5, 5.41) is 4.97.